The summed E-state index contributed by atoms with van der Waals surface area (Å²) in [6.07, 6.45) is 2.35. The Morgan fingerprint density at radius 3 is 2.83 bits per heavy atom. The van der Waals surface area contributed by atoms with Crippen LogP contribution in [-0.2, 0) is 0 Å². The predicted molar refractivity (Wildman–Crippen MR) is 73.3 cm³/mol. The minimum absolute atomic E-state index is 0.223. The molecule has 6 nitrogen and oxygen atoms in total. The first-order valence-electron chi connectivity index (χ1n) is 6.11. The number of halogens is 1. The largest absolute Gasteiger partial charge is 0.357 e. The Morgan fingerprint density at radius 1 is 1.39 bits per heavy atom. The lowest BCUT2D eigenvalue weighted by molar-refractivity contribution is 0.247. The van der Waals surface area contributed by atoms with E-state index >= 15 is 0 Å². The van der Waals surface area contributed by atoms with E-state index in [2.05, 4.69) is 37.1 Å². The molecule has 0 amide bonds. The maximum absolute atomic E-state index is 5.90. The lowest BCUT2D eigenvalue weighted by Crippen LogP contribution is -2.45. The van der Waals surface area contributed by atoms with Crippen molar-refractivity contribution in [2.75, 3.05) is 44.4 Å². The topological polar surface area (TPSA) is 57.2 Å². The van der Waals surface area contributed by atoms with E-state index < -0.39 is 0 Å². The summed E-state index contributed by atoms with van der Waals surface area (Å²) >= 11 is 5.90. The van der Waals surface area contributed by atoms with Gasteiger partial charge in [0.05, 0.1) is 0 Å². The highest BCUT2D eigenvalue weighted by Gasteiger charge is 2.23. The van der Waals surface area contributed by atoms with E-state index in [9.17, 15) is 0 Å². The number of anilines is 2. The van der Waals surface area contributed by atoms with Gasteiger partial charge in [-0.25, -0.2) is 0 Å². The number of likely N-dealkylation sites (tertiary alicyclic amines) is 1. The number of hydrogen-bond acceptors (Lipinski definition) is 6. The molecule has 0 aromatic carbocycles. The maximum Gasteiger partial charge on any atom is 0.231 e. The highest BCUT2D eigenvalue weighted by molar-refractivity contribution is 6.28. The molecule has 0 aliphatic carbocycles. The van der Waals surface area contributed by atoms with Crippen molar-refractivity contribution >= 4 is 23.5 Å². The minimum Gasteiger partial charge on any atom is -0.357 e. The molecule has 1 aromatic rings. The van der Waals surface area contributed by atoms with Crippen LogP contribution in [0.4, 0.5) is 11.9 Å². The third-order valence-corrected chi connectivity index (χ3v) is 3.45. The van der Waals surface area contributed by atoms with Crippen molar-refractivity contribution in [1.29, 1.82) is 0 Å². The molecule has 1 unspecified atom stereocenters. The van der Waals surface area contributed by atoms with Gasteiger partial charge >= 0.3 is 0 Å². The molecule has 1 aliphatic rings. The van der Waals surface area contributed by atoms with Crippen molar-refractivity contribution in [2.45, 2.75) is 18.9 Å². The third-order valence-electron chi connectivity index (χ3n) is 3.28. The summed E-state index contributed by atoms with van der Waals surface area (Å²) in [6, 6.07) is 0.423. The summed E-state index contributed by atoms with van der Waals surface area (Å²) in [5.41, 5.74) is 0. The molecule has 18 heavy (non-hydrogen) atoms. The average molecular weight is 271 g/mol. The fourth-order valence-electron chi connectivity index (χ4n) is 2.23. The summed E-state index contributed by atoms with van der Waals surface area (Å²) in [7, 11) is 5.91. The van der Waals surface area contributed by atoms with Crippen molar-refractivity contribution in [3.05, 3.63) is 5.28 Å². The van der Waals surface area contributed by atoms with Crippen LogP contribution in [0.25, 0.3) is 0 Å². The second kappa shape index (κ2) is 5.67. The second-order valence-corrected chi connectivity index (χ2v) is 4.99. The van der Waals surface area contributed by atoms with Crippen LogP contribution in [0.2, 0.25) is 5.28 Å². The number of piperidine rings is 1. The van der Waals surface area contributed by atoms with E-state index in [0.717, 1.165) is 19.5 Å². The summed E-state index contributed by atoms with van der Waals surface area (Å²) in [5.74, 6) is 1.13. The monoisotopic (exact) mass is 270 g/mol. The molecule has 1 N–H and O–H groups in total. The molecule has 100 valence electrons. The van der Waals surface area contributed by atoms with Crippen molar-refractivity contribution in [2.24, 2.45) is 0 Å². The van der Waals surface area contributed by atoms with E-state index in [1.807, 2.05) is 7.05 Å². The molecule has 1 saturated heterocycles. The number of nitrogens with one attached hydrogen (secondary N) is 1. The molecule has 0 radical (unpaired) electrons. The maximum atomic E-state index is 5.90. The standard InChI is InChI=1S/C11H19ClN6/c1-13-10-14-9(12)15-11(16-10)18(3)8-5-4-6-17(2)7-8/h8H,4-7H2,1-3H3,(H,13,14,15,16). The zero-order valence-electron chi connectivity index (χ0n) is 11.0. The molecule has 1 aliphatic heterocycles. The number of likely N-dealkylation sites (N-methyl/N-ethyl adjacent to an activating group) is 2. The van der Waals surface area contributed by atoms with Gasteiger partial charge in [-0.2, -0.15) is 15.0 Å². The number of aromatic nitrogens is 3. The molecule has 0 spiro atoms. The molecule has 1 atom stereocenters. The SMILES string of the molecule is CNc1nc(Cl)nc(N(C)C2CCCN(C)C2)n1. The normalized spacial score (nSPS) is 20.8. The number of hydrogen-bond donors (Lipinski definition) is 1. The van der Waals surface area contributed by atoms with E-state index in [4.69, 9.17) is 11.6 Å². The summed E-state index contributed by atoms with van der Waals surface area (Å²) in [6.45, 7) is 2.18. The van der Waals surface area contributed by atoms with Crippen molar-refractivity contribution in [1.82, 2.24) is 19.9 Å². The lowest BCUT2D eigenvalue weighted by Gasteiger charge is -2.35. The van der Waals surface area contributed by atoms with E-state index in [1.54, 1.807) is 7.05 Å². The highest BCUT2D eigenvalue weighted by atomic mass is 35.5. The molecular weight excluding hydrogens is 252 g/mol. The summed E-state index contributed by atoms with van der Waals surface area (Å²) in [5, 5.41) is 3.11. The molecule has 1 aromatic heterocycles. The van der Waals surface area contributed by atoms with Gasteiger partial charge in [0.2, 0.25) is 17.2 Å². The fraction of sp³-hybridized carbons (Fsp3) is 0.727. The van der Waals surface area contributed by atoms with Crippen LogP contribution in [-0.4, -0.2) is 60.1 Å². The van der Waals surface area contributed by atoms with Crippen LogP contribution < -0.4 is 10.2 Å². The first-order valence-corrected chi connectivity index (χ1v) is 6.48. The van der Waals surface area contributed by atoms with Gasteiger partial charge in [0.15, 0.2) is 0 Å². The van der Waals surface area contributed by atoms with Crippen molar-refractivity contribution in [3.8, 4) is 0 Å². The molecule has 1 fully saturated rings. The molecule has 0 saturated carbocycles. The summed E-state index contributed by atoms with van der Waals surface area (Å²) in [4.78, 5) is 16.9. The van der Waals surface area contributed by atoms with Crippen molar-refractivity contribution < 1.29 is 0 Å². The van der Waals surface area contributed by atoms with Crippen molar-refractivity contribution in [3.63, 3.8) is 0 Å². The Bertz CT molecular complexity index is 413. The van der Waals surface area contributed by atoms with Gasteiger partial charge in [-0.15, -0.1) is 0 Å². The van der Waals surface area contributed by atoms with Gasteiger partial charge in [-0.3, -0.25) is 0 Å². The Hall–Kier alpha value is -1.14. The Kier molecular flexibility index (Phi) is 4.19. The Labute approximate surface area is 112 Å². The number of rotatable bonds is 3. The zero-order valence-corrected chi connectivity index (χ0v) is 11.8. The van der Waals surface area contributed by atoms with Gasteiger partial charge < -0.3 is 15.1 Å². The first kappa shape index (κ1) is 13.3. The van der Waals surface area contributed by atoms with Crippen LogP contribution in [0.1, 0.15) is 12.8 Å². The molecular formula is C11H19ClN6. The van der Waals surface area contributed by atoms with E-state index in [-0.39, 0.29) is 5.28 Å². The van der Waals surface area contributed by atoms with E-state index in [1.165, 1.54) is 6.42 Å². The molecule has 7 heteroatoms. The van der Waals surface area contributed by atoms with Gasteiger partial charge in [0.25, 0.3) is 0 Å². The molecule has 2 rings (SSSR count). The fourth-order valence-corrected chi connectivity index (χ4v) is 2.38. The summed E-state index contributed by atoms with van der Waals surface area (Å²) < 4.78 is 0. The quantitative estimate of drug-likeness (QED) is 0.888. The van der Waals surface area contributed by atoms with Crippen LogP contribution in [0.5, 0.6) is 0 Å². The van der Waals surface area contributed by atoms with Crippen LogP contribution >= 0.6 is 11.6 Å². The molecule has 2 heterocycles. The molecule has 0 bridgehead atoms. The smallest absolute Gasteiger partial charge is 0.231 e. The lowest BCUT2D eigenvalue weighted by atomic mass is 10.1. The third kappa shape index (κ3) is 3.00. The van der Waals surface area contributed by atoms with Gasteiger partial charge in [0, 0.05) is 26.7 Å². The highest BCUT2D eigenvalue weighted by Crippen LogP contribution is 2.19. The van der Waals surface area contributed by atoms with Gasteiger partial charge in [0.1, 0.15) is 0 Å². The number of nitrogens with zero attached hydrogens (tertiary/aromatic N) is 5. The van der Waals surface area contributed by atoms with Crippen LogP contribution in [0.15, 0.2) is 0 Å². The Morgan fingerprint density at radius 2 is 2.17 bits per heavy atom. The van der Waals surface area contributed by atoms with Crippen LogP contribution in [0.3, 0.4) is 0 Å². The second-order valence-electron chi connectivity index (χ2n) is 4.65. The Balaban J connectivity index is 2.16. The van der Waals surface area contributed by atoms with Gasteiger partial charge in [-0.05, 0) is 38.0 Å². The van der Waals surface area contributed by atoms with Crippen LogP contribution in [0, 0.1) is 0 Å². The average Bonchev–Trinajstić information content (AvgIpc) is 2.37. The first-order chi connectivity index (χ1) is 8.60. The minimum atomic E-state index is 0.223. The predicted octanol–water partition coefficient (Wildman–Crippen LogP) is 1.10. The zero-order chi connectivity index (χ0) is 13.1. The van der Waals surface area contributed by atoms with E-state index in [0.29, 0.717) is 17.9 Å². The van der Waals surface area contributed by atoms with Gasteiger partial charge in [-0.1, -0.05) is 0 Å².